The topological polar surface area (TPSA) is 110 Å². The molecule has 4 aromatic rings. The molecule has 0 bridgehead atoms. The first-order valence-corrected chi connectivity index (χ1v) is 16.6. The van der Waals surface area contributed by atoms with Gasteiger partial charge in [0.1, 0.15) is 22.8 Å². The van der Waals surface area contributed by atoms with Gasteiger partial charge in [-0.05, 0) is 47.9 Å². The van der Waals surface area contributed by atoms with Gasteiger partial charge in [0.2, 0.25) is 0 Å². The Labute approximate surface area is 291 Å². The molecule has 1 atom stereocenters. The number of halogens is 5. The summed E-state index contributed by atoms with van der Waals surface area (Å²) in [4.78, 5) is 44.4. The third-order valence-electron chi connectivity index (χ3n) is 9.22. The molecule has 11 nitrogen and oxygen atoms in total. The number of H-pyrrole nitrogens is 1. The molecule has 3 amide bonds. The van der Waals surface area contributed by atoms with Crippen LogP contribution in [0.3, 0.4) is 0 Å². The van der Waals surface area contributed by atoms with E-state index in [4.69, 9.17) is 4.74 Å². The van der Waals surface area contributed by atoms with E-state index in [0.29, 0.717) is 67.4 Å². The number of nitrogens with zero attached hydrogens (tertiary/aromatic N) is 6. The predicted molar refractivity (Wildman–Crippen MR) is 180 cm³/mol. The minimum atomic E-state index is -4.67. The van der Waals surface area contributed by atoms with E-state index in [1.807, 2.05) is 11.8 Å². The van der Waals surface area contributed by atoms with Gasteiger partial charge in [0.05, 0.1) is 29.4 Å². The summed E-state index contributed by atoms with van der Waals surface area (Å²) in [7, 11) is 3.30. The van der Waals surface area contributed by atoms with Crippen molar-refractivity contribution < 1.29 is 36.3 Å². The number of benzene rings is 1. The summed E-state index contributed by atoms with van der Waals surface area (Å²) in [6, 6.07) is 8.33. The molecule has 1 fully saturated rings. The molecule has 3 aromatic heterocycles. The number of pyridine rings is 2. The summed E-state index contributed by atoms with van der Waals surface area (Å²) in [5.74, 6) is 0.524. The van der Waals surface area contributed by atoms with Crippen LogP contribution < -0.4 is 10.1 Å². The van der Waals surface area contributed by atoms with Crippen LogP contribution in [0.5, 0.6) is 11.5 Å². The summed E-state index contributed by atoms with van der Waals surface area (Å²) >= 11 is 0. The molecular formula is C35H39F5N8O3. The van der Waals surface area contributed by atoms with Crippen molar-refractivity contribution in [2.45, 2.75) is 45.0 Å². The van der Waals surface area contributed by atoms with E-state index in [0.717, 1.165) is 17.3 Å². The average molecular weight is 715 g/mol. The van der Waals surface area contributed by atoms with Crippen molar-refractivity contribution in [1.82, 2.24) is 34.6 Å². The summed E-state index contributed by atoms with van der Waals surface area (Å²) < 4.78 is 74.3. The molecule has 5 heterocycles. The van der Waals surface area contributed by atoms with Gasteiger partial charge in [-0.1, -0.05) is 13.0 Å². The number of amides is 3. The number of ether oxygens (including phenoxy) is 1. The number of aromatic nitrogens is 3. The van der Waals surface area contributed by atoms with Crippen LogP contribution in [0.1, 0.15) is 52.1 Å². The van der Waals surface area contributed by atoms with Crippen LogP contribution in [0.2, 0.25) is 0 Å². The highest BCUT2D eigenvalue weighted by Gasteiger charge is 2.35. The van der Waals surface area contributed by atoms with Gasteiger partial charge in [-0.25, -0.2) is 18.6 Å². The van der Waals surface area contributed by atoms with Crippen LogP contribution in [0.15, 0.2) is 48.8 Å². The Balaban J connectivity index is 1.16. The standard InChI is InChI=1S/C35H39F5N8O3/c1-4-21-18-48(19-23-13-25(16-42-31(21)23)51-29-7-8-41-32-26(29)15-28(44-32)33(49)45(2)3)34(50)43-24-6-5-22(27(14-24)35(38,39)40)17-46-9-11-47(12-10-46)20-30(36)37/h5-8,13-16,21,30H,4,9-12,17-20H2,1-3H3,(H,41,44)(H,43,50)/t21-/m0/s1. The van der Waals surface area contributed by atoms with Crippen molar-refractivity contribution in [1.29, 1.82) is 0 Å². The fourth-order valence-corrected chi connectivity index (χ4v) is 6.55. The van der Waals surface area contributed by atoms with Gasteiger partial charge >= 0.3 is 12.2 Å². The van der Waals surface area contributed by atoms with E-state index in [-0.39, 0.29) is 42.7 Å². The zero-order valence-corrected chi connectivity index (χ0v) is 28.4. The Morgan fingerprint density at radius 1 is 1.06 bits per heavy atom. The lowest BCUT2D eigenvalue weighted by Gasteiger charge is -2.35. The SMILES string of the molecule is CC[C@H]1CN(C(=O)Nc2ccc(CN3CCN(CC(F)F)CC3)c(C(F)(F)F)c2)Cc2cc(Oc3ccnc4[nH]c(C(=O)N(C)C)cc34)cnc21. The predicted octanol–water partition coefficient (Wildman–Crippen LogP) is 6.39. The first kappa shape index (κ1) is 36.0. The molecule has 6 rings (SSSR count). The normalized spacial score (nSPS) is 17.1. The molecule has 1 saturated heterocycles. The Morgan fingerprint density at radius 2 is 1.80 bits per heavy atom. The highest BCUT2D eigenvalue weighted by atomic mass is 19.4. The maximum absolute atomic E-state index is 14.2. The molecule has 0 unspecified atom stereocenters. The van der Waals surface area contributed by atoms with E-state index in [9.17, 15) is 31.5 Å². The molecule has 1 aromatic carbocycles. The zero-order chi connectivity index (χ0) is 36.4. The Hall–Kier alpha value is -4.83. The van der Waals surface area contributed by atoms with Crippen LogP contribution in [-0.4, -0.2) is 106 Å². The van der Waals surface area contributed by atoms with Crippen LogP contribution in [-0.2, 0) is 19.3 Å². The van der Waals surface area contributed by atoms with E-state index >= 15 is 0 Å². The van der Waals surface area contributed by atoms with Gasteiger partial charge < -0.3 is 24.8 Å². The van der Waals surface area contributed by atoms with E-state index in [1.54, 1.807) is 49.6 Å². The van der Waals surface area contributed by atoms with Crippen LogP contribution in [0.25, 0.3) is 11.0 Å². The molecule has 0 aliphatic carbocycles. The number of carbonyl (C=O) groups is 2. The number of carbonyl (C=O) groups excluding carboxylic acids is 2. The van der Waals surface area contributed by atoms with Crippen molar-refractivity contribution in [3.05, 3.63) is 76.9 Å². The highest BCUT2D eigenvalue weighted by Crippen LogP contribution is 2.37. The second kappa shape index (κ2) is 14.8. The van der Waals surface area contributed by atoms with E-state index < -0.39 is 24.2 Å². The number of urea groups is 1. The van der Waals surface area contributed by atoms with Gasteiger partial charge in [0.15, 0.2) is 0 Å². The Bertz CT molecular complexity index is 1890. The number of alkyl halides is 5. The average Bonchev–Trinajstić information content (AvgIpc) is 3.53. The Kier molecular flexibility index (Phi) is 10.4. The van der Waals surface area contributed by atoms with Crippen molar-refractivity contribution in [2.75, 3.05) is 58.7 Å². The number of hydrogen-bond acceptors (Lipinski definition) is 7. The van der Waals surface area contributed by atoms with E-state index in [1.165, 1.54) is 21.9 Å². The van der Waals surface area contributed by atoms with Crippen molar-refractivity contribution >= 4 is 28.7 Å². The molecule has 2 aliphatic heterocycles. The lowest BCUT2D eigenvalue weighted by molar-refractivity contribution is -0.138. The molecule has 16 heteroatoms. The molecule has 0 radical (unpaired) electrons. The Morgan fingerprint density at radius 3 is 2.49 bits per heavy atom. The molecular weight excluding hydrogens is 675 g/mol. The molecule has 0 saturated carbocycles. The number of fused-ring (bicyclic) bond motifs is 2. The smallest absolute Gasteiger partial charge is 0.416 e. The molecule has 2 aliphatic rings. The van der Waals surface area contributed by atoms with Gasteiger partial charge in [-0.2, -0.15) is 13.2 Å². The number of piperazine rings is 1. The minimum Gasteiger partial charge on any atom is -0.455 e. The quantitative estimate of drug-likeness (QED) is 0.193. The third kappa shape index (κ3) is 8.22. The monoisotopic (exact) mass is 714 g/mol. The highest BCUT2D eigenvalue weighted by molar-refractivity contribution is 5.98. The zero-order valence-electron chi connectivity index (χ0n) is 28.4. The lowest BCUT2D eigenvalue weighted by atomic mass is 9.92. The van der Waals surface area contributed by atoms with Gasteiger partial charge in [-0.3, -0.25) is 19.6 Å². The van der Waals surface area contributed by atoms with Gasteiger partial charge in [0, 0.05) is 77.7 Å². The summed E-state index contributed by atoms with van der Waals surface area (Å²) in [5, 5.41) is 3.25. The largest absolute Gasteiger partial charge is 0.455 e. The molecule has 2 N–H and O–H groups in total. The number of anilines is 1. The summed E-state index contributed by atoms with van der Waals surface area (Å²) in [6.45, 7) is 3.54. The molecule has 51 heavy (non-hydrogen) atoms. The fraction of sp³-hybridized carbons (Fsp3) is 0.429. The second-order valence-electron chi connectivity index (χ2n) is 13.0. The van der Waals surface area contributed by atoms with Crippen LogP contribution in [0, 0.1) is 0 Å². The van der Waals surface area contributed by atoms with Crippen LogP contribution in [0.4, 0.5) is 32.4 Å². The first-order chi connectivity index (χ1) is 24.3. The summed E-state index contributed by atoms with van der Waals surface area (Å²) in [5.41, 5.74) is 1.58. The van der Waals surface area contributed by atoms with Crippen molar-refractivity contribution in [3.8, 4) is 11.5 Å². The minimum absolute atomic E-state index is 0.00667. The molecule has 0 spiro atoms. The van der Waals surface area contributed by atoms with E-state index in [2.05, 4.69) is 20.3 Å². The maximum Gasteiger partial charge on any atom is 0.416 e. The fourth-order valence-electron chi connectivity index (χ4n) is 6.55. The first-order valence-electron chi connectivity index (χ1n) is 16.6. The maximum atomic E-state index is 14.2. The third-order valence-corrected chi connectivity index (χ3v) is 9.22. The van der Waals surface area contributed by atoms with Crippen molar-refractivity contribution in [3.63, 3.8) is 0 Å². The van der Waals surface area contributed by atoms with Gasteiger partial charge in [-0.15, -0.1) is 0 Å². The number of aromatic amines is 1. The second-order valence-corrected chi connectivity index (χ2v) is 13.0. The lowest BCUT2D eigenvalue weighted by Crippen LogP contribution is -2.47. The van der Waals surface area contributed by atoms with Gasteiger partial charge in [0.25, 0.3) is 12.3 Å². The number of nitrogens with one attached hydrogen (secondary N) is 2. The van der Waals surface area contributed by atoms with Crippen LogP contribution >= 0.6 is 0 Å². The molecule has 272 valence electrons. The summed E-state index contributed by atoms with van der Waals surface area (Å²) in [6.07, 6.45) is -3.30. The number of rotatable bonds is 9. The number of hydrogen-bond donors (Lipinski definition) is 2. The van der Waals surface area contributed by atoms with Crippen molar-refractivity contribution in [2.24, 2.45) is 0 Å².